The molecule has 0 spiro atoms. The van der Waals surface area contributed by atoms with Gasteiger partial charge in [-0.1, -0.05) is 0 Å². The molecule has 0 saturated heterocycles. The number of nitriles is 1. The van der Waals surface area contributed by atoms with E-state index in [4.69, 9.17) is 5.26 Å². The zero-order valence-electron chi connectivity index (χ0n) is 2.93. The number of thiocarbonyl (C=S) groups is 1. The van der Waals surface area contributed by atoms with E-state index in [0.29, 0.717) is 0 Å². The normalized spacial score (nSPS) is 6.00. The molecular formula is C2H3N3S. The van der Waals surface area contributed by atoms with Crippen LogP contribution in [0.5, 0.6) is 0 Å². The van der Waals surface area contributed by atoms with E-state index in [1.54, 1.807) is 6.07 Å². The Bertz CT molecular complexity index is 91.5. The molecule has 0 bridgehead atoms. The van der Waals surface area contributed by atoms with E-state index in [9.17, 15) is 0 Å². The summed E-state index contributed by atoms with van der Waals surface area (Å²) < 4.78 is 0. The van der Waals surface area contributed by atoms with Gasteiger partial charge in [-0.3, -0.25) is 0 Å². The second-order valence-electron chi connectivity index (χ2n) is 0.585. The summed E-state index contributed by atoms with van der Waals surface area (Å²) in [7, 11) is 0. The van der Waals surface area contributed by atoms with Crippen molar-refractivity contribution in [2.45, 2.75) is 0 Å². The molecular weight excluding hydrogens is 98.1 g/mol. The van der Waals surface area contributed by atoms with Crippen LogP contribution < -0.4 is 11.3 Å². The van der Waals surface area contributed by atoms with Gasteiger partial charge in [-0.2, -0.15) is 5.26 Å². The van der Waals surface area contributed by atoms with E-state index >= 15 is 0 Å². The minimum Gasteiger partial charge on any atom is -0.306 e. The number of hydrogen-bond donors (Lipinski definition) is 2. The average Bonchev–Trinajstić information content (AvgIpc) is 1.65. The highest BCUT2D eigenvalue weighted by molar-refractivity contribution is 7.80. The van der Waals surface area contributed by atoms with Gasteiger partial charge in [0.2, 0.25) is 0 Å². The van der Waals surface area contributed by atoms with Crippen LogP contribution in [0.3, 0.4) is 0 Å². The van der Waals surface area contributed by atoms with Gasteiger partial charge in [0.05, 0.1) is 0 Å². The molecule has 0 unspecified atom stereocenters. The SMILES string of the molecule is N#CC(=S)NN. The summed E-state index contributed by atoms with van der Waals surface area (Å²) in [4.78, 5) is 0.00926. The minimum absolute atomic E-state index is 0.00926. The standard InChI is InChI=1S/C2H3N3S/c3-1-2(6)5-4/h4H2,(H,5,6). The summed E-state index contributed by atoms with van der Waals surface area (Å²) in [5.74, 6) is 4.67. The molecule has 4 heteroatoms. The van der Waals surface area contributed by atoms with E-state index in [1.807, 2.05) is 5.43 Å². The monoisotopic (exact) mass is 101 g/mol. The Hall–Kier alpha value is -0.660. The average molecular weight is 101 g/mol. The smallest absolute Gasteiger partial charge is 0.192 e. The lowest BCUT2D eigenvalue weighted by atomic mass is 10.8. The zero-order valence-corrected chi connectivity index (χ0v) is 3.75. The van der Waals surface area contributed by atoms with Gasteiger partial charge in [0.25, 0.3) is 0 Å². The van der Waals surface area contributed by atoms with Gasteiger partial charge in [0.15, 0.2) is 4.99 Å². The van der Waals surface area contributed by atoms with E-state index in [-0.39, 0.29) is 4.99 Å². The zero-order chi connectivity index (χ0) is 4.99. The van der Waals surface area contributed by atoms with E-state index in [2.05, 4.69) is 18.1 Å². The van der Waals surface area contributed by atoms with Crippen molar-refractivity contribution in [3.05, 3.63) is 0 Å². The number of nitrogens with one attached hydrogen (secondary N) is 1. The third-order valence-electron chi connectivity index (χ3n) is 0.233. The molecule has 0 rings (SSSR count). The first kappa shape index (κ1) is 5.34. The maximum absolute atomic E-state index is 7.80. The Morgan fingerprint density at radius 1 is 2.00 bits per heavy atom. The lowest BCUT2D eigenvalue weighted by molar-refractivity contribution is 1.05. The van der Waals surface area contributed by atoms with Crippen LogP contribution in [-0.4, -0.2) is 4.99 Å². The highest BCUT2D eigenvalue weighted by Gasteiger charge is 1.78. The summed E-state index contributed by atoms with van der Waals surface area (Å²) in [5.41, 5.74) is 1.98. The van der Waals surface area contributed by atoms with Crippen LogP contribution in [0.25, 0.3) is 0 Å². The van der Waals surface area contributed by atoms with Crippen LogP contribution in [0, 0.1) is 11.3 Å². The first-order valence-electron chi connectivity index (χ1n) is 1.22. The largest absolute Gasteiger partial charge is 0.306 e. The third kappa shape index (κ3) is 1.64. The van der Waals surface area contributed by atoms with Gasteiger partial charge in [-0.15, -0.1) is 0 Å². The molecule has 6 heavy (non-hydrogen) atoms. The highest BCUT2D eigenvalue weighted by atomic mass is 32.1. The fraction of sp³-hybridized carbons (Fsp3) is 0. The number of rotatable bonds is 0. The Balaban J connectivity index is 3.33. The second-order valence-corrected chi connectivity index (χ2v) is 0.994. The molecule has 0 aliphatic rings. The van der Waals surface area contributed by atoms with Gasteiger partial charge in [-0.25, -0.2) is 5.84 Å². The third-order valence-corrected chi connectivity index (χ3v) is 0.442. The summed E-state index contributed by atoms with van der Waals surface area (Å²) in [6.45, 7) is 0. The van der Waals surface area contributed by atoms with E-state index in [0.717, 1.165) is 0 Å². The van der Waals surface area contributed by atoms with Crippen LogP contribution in [0.4, 0.5) is 0 Å². The topological polar surface area (TPSA) is 61.8 Å². The van der Waals surface area contributed by atoms with Crippen LogP contribution in [0.15, 0.2) is 0 Å². The number of nitrogens with zero attached hydrogens (tertiary/aromatic N) is 1. The predicted molar refractivity (Wildman–Crippen MR) is 25.5 cm³/mol. The molecule has 0 amide bonds. The molecule has 0 saturated carbocycles. The van der Waals surface area contributed by atoms with Gasteiger partial charge in [0.1, 0.15) is 6.07 Å². The fourth-order valence-electron chi connectivity index (χ4n) is 0.0323. The summed E-state index contributed by atoms with van der Waals surface area (Å²) >= 11 is 4.26. The number of hydrazine groups is 1. The lowest BCUT2D eigenvalue weighted by Gasteiger charge is -1.81. The van der Waals surface area contributed by atoms with Crippen molar-refractivity contribution < 1.29 is 0 Å². The Labute approximate surface area is 40.7 Å². The molecule has 0 heterocycles. The van der Waals surface area contributed by atoms with Crippen LogP contribution >= 0.6 is 12.2 Å². The summed E-state index contributed by atoms with van der Waals surface area (Å²) in [6.07, 6.45) is 0. The number of nitrogens with two attached hydrogens (primary N) is 1. The molecule has 3 nitrogen and oxygen atoms in total. The van der Waals surface area contributed by atoms with E-state index < -0.39 is 0 Å². The number of hydrogen-bond acceptors (Lipinski definition) is 3. The molecule has 0 aromatic heterocycles. The Kier molecular flexibility index (Phi) is 2.29. The van der Waals surface area contributed by atoms with Crippen LogP contribution in [0.2, 0.25) is 0 Å². The molecule has 0 atom stereocenters. The van der Waals surface area contributed by atoms with Crippen molar-refractivity contribution in [1.82, 2.24) is 5.43 Å². The molecule has 0 radical (unpaired) electrons. The lowest BCUT2D eigenvalue weighted by Crippen LogP contribution is -2.26. The first-order chi connectivity index (χ1) is 2.81. The maximum Gasteiger partial charge on any atom is 0.192 e. The van der Waals surface area contributed by atoms with Crippen LogP contribution in [0.1, 0.15) is 0 Å². The first-order valence-corrected chi connectivity index (χ1v) is 1.62. The second kappa shape index (κ2) is 2.57. The molecule has 32 valence electrons. The van der Waals surface area contributed by atoms with Gasteiger partial charge < -0.3 is 5.43 Å². The van der Waals surface area contributed by atoms with Gasteiger partial charge >= 0.3 is 0 Å². The molecule has 0 aliphatic heterocycles. The van der Waals surface area contributed by atoms with Crippen molar-refractivity contribution in [3.63, 3.8) is 0 Å². The van der Waals surface area contributed by atoms with Gasteiger partial charge in [0, 0.05) is 0 Å². The Morgan fingerprint density at radius 3 is 2.50 bits per heavy atom. The molecule has 0 aromatic carbocycles. The molecule has 0 aromatic rings. The van der Waals surface area contributed by atoms with Gasteiger partial charge in [-0.05, 0) is 12.2 Å². The molecule has 0 fully saturated rings. The van der Waals surface area contributed by atoms with Crippen molar-refractivity contribution in [1.29, 1.82) is 5.26 Å². The highest BCUT2D eigenvalue weighted by Crippen LogP contribution is 1.56. The molecule has 3 N–H and O–H groups in total. The van der Waals surface area contributed by atoms with Crippen molar-refractivity contribution in [2.75, 3.05) is 0 Å². The van der Waals surface area contributed by atoms with E-state index in [1.165, 1.54) is 0 Å². The summed E-state index contributed by atoms with van der Waals surface area (Å²) in [5, 5.41) is 7.80. The predicted octanol–water partition coefficient (Wildman–Crippen LogP) is -0.699. The van der Waals surface area contributed by atoms with Crippen molar-refractivity contribution in [3.8, 4) is 6.07 Å². The Morgan fingerprint density at radius 2 is 2.50 bits per heavy atom. The molecule has 0 aliphatic carbocycles. The summed E-state index contributed by atoms with van der Waals surface area (Å²) in [6, 6.07) is 1.61. The van der Waals surface area contributed by atoms with Crippen LogP contribution in [-0.2, 0) is 0 Å². The minimum atomic E-state index is 0.00926. The van der Waals surface area contributed by atoms with Crippen molar-refractivity contribution in [2.24, 2.45) is 5.84 Å². The maximum atomic E-state index is 7.80. The fourth-order valence-corrected chi connectivity index (χ4v) is 0.0323. The van der Waals surface area contributed by atoms with Crippen molar-refractivity contribution >= 4 is 17.2 Å². The quantitative estimate of drug-likeness (QED) is 0.240.